The summed E-state index contributed by atoms with van der Waals surface area (Å²) in [5.74, 6) is -5.19. The molecule has 0 aromatic heterocycles. The number of guanidine groups is 2. The summed E-state index contributed by atoms with van der Waals surface area (Å²) in [6.45, 7) is 0.642. The first-order valence-electron chi connectivity index (χ1n) is 7.83. The van der Waals surface area contributed by atoms with Crippen LogP contribution in [0.2, 0.25) is 0 Å². The van der Waals surface area contributed by atoms with Crippen molar-refractivity contribution in [1.29, 1.82) is 10.8 Å². The lowest BCUT2D eigenvalue weighted by Crippen LogP contribution is -2.43. The topological polar surface area (TPSA) is 230 Å². The smallest absolute Gasteiger partial charge is 0.336 e. The van der Waals surface area contributed by atoms with Crippen LogP contribution in [-0.4, -0.2) is 62.4 Å². The molecule has 0 fully saturated rings. The molecule has 0 aliphatic heterocycles. The largest absolute Gasteiger partial charge is 0.481 e. The van der Waals surface area contributed by atoms with Gasteiger partial charge in [0.15, 0.2) is 17.5 Å². The molecule has 1 aromatic rings. The zero-order valence-electron chi connectivity index (χ0n) is 14.8. The summed E-state index contributed by atoms with van der Waals surface area (Å²) in [4.78, 5) is 30.5. The van der Waals surface area contributed by atoms with Crippen LogP contribution in [0.25, 0.3) is 0 Å². The van der Waals surface area contributed by atoms with Gasteiger partial charge in [-0.3, -0.25) is 25.7 Å². The van der Waals surface area contributed by atoms with E-state index in [0.717, 1.165) is 6.42 Å². The number of carboxylic acids is 3. The number of nitrogens with one attached hydrogen (secondary N) is 4. The Balaban J connectivity index is 0.000000528. The molecule has 28 heavy (non-hydrogen) atoms. The molecule has 0 spiro atoms. The highest BCUT2D eigenvalue weighted by Gasteiger charge is 2.40. The van der Waals surface area contributed by atoms with E-state index in [2.05, 4.69) is 10.6 Å². The zero-order chi connectivity index (χ0) is 21.7. The van der Waals surface area contributed by atoms with E-state index in [-0.39, 0.29) is 11.9 Å². The minimum Gasteiger partial charge on any atom is -0.481 e. The standard InChI is InChI=1S/C10H15N5.C6H8O7/c11-9(12)15-10(13)14-7-6-8-4-2-1-3-5-8;7-3(8)1-6(13,5(11)12)2-4(9)10/h1-5H,6-7H2,(H6,11,12,13,14,15);13H,1-2H2,(H,7,8)(H,9,10)(H,11,12). The highest BCUT2D eigenvalue weighted by molar-refractivity contribution is 5.94. The molecular formula is C16H23N5O7. The highest BCUT2D eigenvalue weighted by Crippen LogP contribution is 2.15. The molecule has 12 heteroatoms. The van der Waals surface area contributed by atoms with E-state index in [1.165, 1.54) is 5.56 Å². The number of rotatable bonds is 8. The second kappa shape index (κ2) is 11.9. The molecule has 1 aromatic carbocycles. The Labute approximate surface area is 160 Å². The second-order valence-corrected chi connectivity index (χ2v) is 5.55. The maximum Gasteiger partial charge on any atom is 0.336 e. The molecule has 0 atom stereocenters. The molecule has 0 heterocycles. The van der Waals surface area contributed by atoms with Crippen molar-refractivity contribution < 1.29 is 34.8 Å². The lowest BCUT2D eigenvalue weighted by molar-refractivity contribution is -0.170. The van der Waals surface area contributed by atoms with Crippen LogP contribution < -0.4 is 16.4 Å². The summed E-state index contributed by atoms with van der Waals surface area (Å²) in [6.07, 6.45) is -1.45. The fourth-order valence-electron chi connectivity index (χ4n) is 1.87. The Morgan fingerprint density at radius 3 is 1.89 bits per heavy atom. The summed E-state index contributed by atoms with van der Waals surface area (Å²) in [7, 11) is 0. The van der Waals surface area contributed by atoms with Crippen molar-refractivity contribution in [3.05, 3.63) is 35.9 Å². The fourth-order valence-corrected chi connectivity index (χ4v) is 1.87. The normalized spacial score (nSPS) is 10.0. The van der Waals surface area contributed by atoms with Crippen molar-refractivity contribution in [1.82, 2.24) is 10.6 Å². The van der Waals surface area contributed by atoms with Crippen LogP contribution >= 0.6 is 0 Å². The first-order chi connectivity index (χ1) is 13.0. The molecule has 0 radical (unpaired) electrons. The third-order valence-electron chi connectivity index (χ3n) is 3.10. The van der Waals surface area contributed by atoms with Crippen LogP contribution in [0.15, 0.2) is 30.3 Å². The summed E-state index contributed by atoms with van der Waals surface area (Å²) >= 11 is 0. The molecule has 0 saturated heterocycles. The van der Waals surface area contributed by atoms with Crippen molar-refractivity contribution in [3.8, 4) is 0 Å². The number of hydrogen-bond acceptors (Lipinski definition) is 6. The van der Waals surface area contributed by atoms with E-state index >= 15 is 0 Å². The Morgan fingerprint density at radius 1 is 1.00 bits per heavy atom. The lowest BCUT2D eigenvalue weighted by Gasteiger charge is -2.18. The van der Waals surface area contributed by atoms with Gasteiger partial charge in [-0.2, -0.15) is 0 Å². The quantitative estimate of drug-likeness (QED) is 0.191. The third-order valence-corrected chi connectivity index (χ3v) is 3.10. The van der Waals surface area contributed by atoms with Crippen molar-refractivity contribution in [2.45, 2.75) is 24.9 Å². The molecular weight excluding hydrogens is 374 g/mol. The number of aliphatic carboxylic acids is 3. The van der Waals surface area contributed by atoms with Gasteiger partial charge in [-0.05, 0) is 12.0 Å². The van der Waals surface area contributed by atoms with E-state index in [9.17, 15) is 14.4 Å². The van der Waals surface area contributed by atoms with E-state index in [1.807, 2.05) is 30.3 Å². The zero-order valence-corrected chi connectivity index (χ0v) is 14.8. The predicted molar refractivity (Wildman–Crippen MR) is 98.0 cm³/mol. The van der Waals surface area contributed by atoms with Crippen molar-refractivity contribution in [2.24, 2.45) is 5.73 Å². The molecule has 10 N–H and O–H groups in total. The first kappa shape index (κ1) is 24.3. The van der Waals surface area contributed by atoms with Gasteiger partial charge >= 0.3 is 17.9 Å². The van der Waals surface area contributed by atoms with Crippen LogP contribution in [0.5, 0.6) is 0 Å². The van der Waals surface area contributed by atoms with Crippen molar-refractivity contribution in [3.63, 3.8) is 0 Å². The highest BCUT2D eigenvalue weighted by atomic mass is 16.4. The SMILES string of the molecule is N=C(N)NC(=N)NCCc1ccccc1.O=C(O)CC(O)(CC(=O)O)C(=O)O. The number of nitrogens with two attached hydrogens (primary N) is 1. The Kier molecular flexibility index (Phi) is 10.3. The van der Waals surface area contributed by atoms with Gasteiger partial charge in [0, 0.05) is 6.54 Å². The summed E-state index contributed by atoms with van der Waals surface area (Å²) in [5, 5.41) is 53.2. The van der Waals surface area contributed by atoms with Gasteiger partial charge in [0.1, 0.15) is 0 Å². The molecule has 0 amide bonds. The number of hydrogen-bond donors (Lipinski definition) is 9. The Morgan fingerprint density at radius 2 is 1.50 bits per heavy atom. The molecule has 0 aliphatic rings. The number of carboxylic acid groups (broad SMARTS) is 3. The van der Waals surface area contributed by atoms with Gasteiger partial charge in [0.25, 0.3) is 0 Å². The van der Waals surface area contributed by atoms with Crippen LogP contribution in [0.4, 0.5) is 0 Å². The van der Waals surface area contributed by atoms with Crippen LogP contribution in [0.3, 0.4) is 0 Å². The van der Waals surface area contributed by atoms with Crippen LogP contribution in [0, 0.1) is 10.8 Å². The van der Waals surface area contributed by atoms with Gasteiger partial charge < -0.3 is 31.5 Å². The molecule has 1 rings (SSSR count). The van der Waals surface area contributed by atoms with Gasteiger partial charge in [0.2, 0.25) is 0 Å². The number of aliphatic hydroxyl groups is 1. The average Bonchev–Trinajstić information content (AvgIpc) is 2.54. The molecule has 0 saturated carbocycles. The van der Waals surface area contributed by atoms with Gasteiger partial charge in [0.05, 0.1) is 12.8 Å². The average molecular weight is 397 g/mol. The Bertz CT molecular complexity index is 693. The molecule has 0 aliphatic carbocycles. The van der Waals surface area contributed by atoms with E-state index < -0.39 is 36.4 Å². The van der Waals surface area contributed by atoms with Crippen molar-refractivity contribution >= 4 is 29.8 Å². The summed E-state index contributed by atoms with van der Waals surface area (Å²) in [6, 6.07) is 9.99. The monoisotopic (exact) mass is 397 g/mol. The second-order valence-electron chi connectivity index (χ2n) is 5.55. The minimum absolute atomic E-state index is 0.0541. The lowest BCUT2D eigenvalue weighted by atomic mass is 9.96. The molecule has 0 unspecified atom stereocenters. The van der Waals surface area contributed by atoms with E-state index in [1.54, 1.807) is 0 Å². The van der Waals surface area contributed by atoms with E-state index in [0.29, 0.717) is 6.54 Å². The molecule has 12 nitrogen and oxygen atoms in total. The number of carbonyl (C=O) groups is 3. The van der Waals surface area contributed by atoms with Crippen molar-refractivity contribution in [2.75, 3.05) is 6.54 Å². The molecule has 154 valence electrons. The van der Waals surface area contributed by atoms with Gasteiger partial charge in [-0.15, -0.1) is 0 Å². The fraction of sp³-hybridized carbons (Fsp3) is 0.312. The number of benzene rings is 1. The maximum absolute atomic E-state index is 10.3. The summed E-state index contributed by atoms with van der Waals surface area (Å²) < 4.78 is 0. The Hall–Kier alpha value is -3.67. The van der Waals surface area contributed by atoms with Crippen LogP contribution in [-0.2, 0) is 20.8 Å². The van der Waals surface area contributed by atoms with Gasteiger partial charge in [-0.25, -0.2) is 4.79 Å². The maximum atomic E-state index is 10.3. The molecule has 0 bridgehead atoms. The third kappa shape index (κ3) is 11.0. The van der Waals surface area contributed by atoms with Crippen LogP contribution in [0.1, 0.15) is 18.4 Å². The first-order valence-corrected chi connectivity index (χ1v) is 7.83. The predicted octanol–water partition coefficient (Wildman–Crippen LogP) is -1.01. The minimum atomic E-state index is -2.74. The summed E-state index contributed by atoms with van der Waals surface area (Å²) in [5.41, 5.74) is 3.54. The van der Waals surface area contributed by atoms with Gasteiger partial charge in [-0.1, -0.05) is 30.3 Å². The van der Waals surface area contributed by atoms with E-state index in [4.69, 9.17) is 37.0 Å².